The summed E-state index contributed by atoms with van der Waals surface area (Å²) < 4.78 is 19.2. The molecule has 1 aliphatic rings. The molecule has 1 saturated heterocycles. The van der Waals surface area contributed by atoms with Crippen LogP contribution in [0.3, 0.4) is 0 Å². The lowest BCUT2D eigenvalue weighted by atomic mass is 10.1. The number of rotatable bonds is 6. The Balaban J connectivity index is 1.83. The maximum absolute atomic E-state index is 13.5. The van der Waals surface area contributed by atoms with Crippen molar-refractivity contribution in [3.05, 3.63) is 35.6 Å². The van der Waals surface area contributed by atoms with Gasteiger partial charge in [0.1, 0.15) is 5.82 Å². The summed E-state index contributed by atoms with van der Waals surface area (Å²) in [6.45, 7) is 5.27. The van der Waals surface area contributed by atoms with Crippen LogP contribution in [-0.4, -0.2) is 43.0 Å². The number of likely N-dealkylation sites (tertiary alicyclic amines) is 1. The van der Waals surface area contributed by atoms with Gasteiger partial charge in [-0.3, -0.25) is 4.79 Å². The molecule has 0 aromatic heterocycles. The van der Waals surface area contributed by atoms with E-state index in [-0.39, 0.29) is 17.5 Å². The van der Waals surface area contributed by atoms with Crippen LogP contribution in [0, 0.1) is 5.82 Å². The fraction of sp³-hybridized carbons (Fsp3) is 0.562. The van der Waals surface area contributed by atoms with Crippen molar-refractivity contribution in [2.24, 2.45) is 0 Å². The van der Waals surface area contributed by atoms with E-state index in [0.717, 1.165) is 32.5 Å². The normalized spacial score (nSPS) is 20.0. The Morgan fingerprint density at radius 2 is 2.25 bits per heavy atom. The van der Waals surface area contributed by atoms with Crippen LogP contribution >= 0.6 is 0 Å². The molecule has 1 atom stereocenters. The molecular weight excluding hydrogens is 257 g/mol. The van der Waals surface area contributed by atoms with Crippen LogP contribution in [0.4, 0.5) is 4.39 Å². The fourth-order valence-electron chi connectivity index (χ4n) is 2.67. The van der Waals surface area contributed by atoms with Crippen LogP contribution in [0.5, 0.6) is 0 Å². The van der Waals surface area contributed by atoms with Gasteiger partial charge in [0.05, 0.1) is 11.7 Å². The SMILES string of the molecule is CCOC1CCCN(CCC(=O)c2ccccc2F)C1. The second-order valence-electron chi connectivity index (χ2n) is 5.17. The first-order valence-electron chi connectivity index (χ1n) is 7.32. The Morgan fingerprint density at radius 1 is 1.45 bits per heavy atom. The Hall–Kier alpha value is -1.26. The largest absolute Gasteiger partial charge is 0.377 e. The van der Waals surface area contributed by atoms with E-state index in [4.69, 9.17) is 4.74 Å². The van der Waals surface area contributed by atoms with Crippen molar-refractivity contribution in [3.63, 3.8) is 0 Å². The van der Waals surface area contributed by atoms with Crippen LogP contribution in [0.25, 0.3) is 0 Å². The number of nitrogens with zero attached hydrogens (tertiary/aromatic N) is 1. The van der Waals surface area contributed by atoms with Gasteiger partial charge in [0.25, 0.3) is 0 Å². The van der Waals surface area contributed by atoms with Crippen LogP contribution in [0.1, 0.15) is 36.5 Å². The predicted octanol–water partition coefficient (Wildman–Crippen LogP) is 2.90. The summed E-state index contributed by atoms with van der Waals surface area (Å²) in [6, 6.07) is 6.18. The summed E-state index contributed by atoms with van der Waals surface area (Å²) in [6.07, 6.45) is 2.82. The maximum atomic E-state index is 13.5. The topological polar surface area (TPSA) is 29.5 Å². The minimum absolute atomic E-state index is 0.123. The number of hydrogen-bond donors (Lipinski definition) is 0. The second-order valence-corrected chi connectivity index (χ2v) is 5.17. The fourth-order valence-corrected chi connectivity index (χ4v) is 2.67. The number of carbonyl (C=O) groups excluding carboxylic acids is 1. The van der Waals surface area contributed by atoms with Crippen molar-refractivity contribution in [3.8, 4) is 0 Å². The molecule has 1 unspecified atom stereocenters. The summed E-state index contributed by atoms with van der Waals surface area (Å²) in [4.78, 5) is 14.3. The lowest BCUT2D eigenvalue weighted by molar-refractivity contribution is 0.00588. The van der Waals surface area contributed by atoms with Gasteiger partial charge in [-0.1, -0.05) is 12.1 Å². The molecule has 1 aromatic carbocycles. The van der Waals surface area contributed by atoms with E-state index in [1.807, 2.05) is 6.92 Å². The molecule has 3 nitrogen and oxygen atoms in total. The number of ether oxygens (including phenoxy) is 1. The number of Topliss-reactive ketones (excluding diaryl/α,β-unsaturated/α-hetero) is 1. The van der Waals surface area contributed by atoms with E-state index in [0.29, 0.717) is 13.0 Å². The average Bonchev–Trinajstić information content (AvgIpc) is 2.46. The van der Waals surface area contributed by atoms with Gasteiger partial charge in [-0.05, 0) is 38.4 Å². The highest BCUT2D eigenvalue weighted by Crippen LogP contribution is 2.15. The Kier molecular flexibility index (Phi) is 5.68. The summed E-state index contributed by atoms with van der Waals surface area (Å²) in [5, 5.41) is 0. The third-order valence-electron chi connectivity index (χ3n) is 3.69. The lowest BCUT2D eigenvalue weighted by Crippen LogP contribution is -2.40. The van der Waals surface area contributed by atoms with E-state index < -0.39 is 5.82 Å². The third-order valence-corrected chi connectivity index (χ3v) is 3.69. The quantitative estimate of drug-likeness (QED) is 0.750. The van der Waals surface area contributed by atoms with Gasteiger partial charge in [-0.25, -0.2) is 4.39 Å². The van der Waals surface area contributed by atoms with E-state index in [2.05, 4.69) is 4.90 Å². The van der Waals surface area contributed by atoms with Crippen molar-refractivity contribution in [2.45, 2.75) is 32.3 Å². The van der Waals surface area contributed by atoms with Crippen molar-refractivity contribution < 1.29 is 13.9 Å². The standard InChI is InChI=1S/C16H22FNO2/c1-2-20-13-6-5-10-18(12-13)11-9-16(19)14-7-3-4-8-15(14)17/h3-4,7-8,13H,2,5-6,9-12H2,1H3. The smallest absolute Gasteiger partial charge is 0.167 e. The molecule has 1 heterocycles. The minimum atomic E-state index is -0.427. The van der Waals surface area contributed by atoms with Crippen LogP contribution in [-0.2, 0) is 4.74 Å². The molecule has 0 N–H and O–H groups in total. The zero-order chi connectivity index (χ0) is 14.4. The van der Waals surface area contributed by atoms with Gasteiger partial charge in [0.15, 0.2) is 5.78 Å². The highest BCUT2D eigenvalue weighted by atomic mass is 19.1. The molecule has 0 spiro atoms. The van der Waals surface area contributed by atoms with E-state index in [9.17, 15) is 9.18 Å². The molecule has 0 amide bonds. The number of piperidine rings is 1. The first-order valence-corrected chi connectivity index (χ1v) is 7.32. The molecule has 0 aliphatic carbocycles. The first-order chi connectivity index (χ1) is 9.70. The van der Waals surface area contributed by atoms with Crippen molar-refractivity contribution in [1.82, 2.24) is 4.90 Å². The average molecular weight is 279 g/mol. The van der Waals surface area contributed by atoms with Crippen LogP contribution in [0.15, 0.2) is 24.3 Å². The van der Waals surface area contributed by atoms with Gasteiger partial charge < -0.3 is 9.64 Å². The highest BCUT2D eigenvalue weighted by Gasteiger charge is 2.21. The van der Waals surface area contributed by atoms with Crippen LogP contribution < -0.4 is 0 Å². The third kappa shape index (κ3) is 4.12. The molecule has 0 saturated carbocycles. The molecular formula is C16H22FNO2. The van der Waals surface area contributed by atoms with Crippen molar-refractivity contribution in [1.29, 1.82) is 0 Å². The molecule has 2 rings (SSSR count). The van der Waals surface area contributed by atoms with E-state index in [1.54, 1.807) is 18.2 Å². The molecule has 0 bridgehead atoms. The van der Waals surface area contributed by atoms with Crippen LogP contribution in [0.2, 0.25) is 0 Å². The molecule has 4 heteroatoms. The molecule has 110 valence electrons. The predicted molar refractivity (Wildman–Crippen MR) is 76.4 cm³/mol. The van der Waals surface area contributed by atoms with Gasteiger partial charge in [-0.15, -0.1) is 0 Å². The highest BCUT2D eigenvalue weighted by molar-refractivity contribution is 5.96. The lowest BCUT2D eigenvalue weighted by Gasteiger charge is -2.32. The van der Waals surface area contributed by atoms with E-state index >= 15 is 0 Å². The molecule has 1 fully saturated rings. The Bertz CT molecular complexity index is 448. The van der Waals surface area contributed by atoms with Gasteiger partial charge in [0.2, 0.25) is 0 Å². The Morgan fingerprint density at radius 3 is 3.00 bits per heavy atom. The van der Waals surface area contributed by atoms with E-state index in [1.165, 1.54) is 6.07 Å². The van der Waals surface area contributed by atoms with Gasteiger partial charge >= 0.3 is 0 Å². The minimum Gasteiger partial charge on any atom is -0.377 e. The van der Waals surface area contributed by atoms with Gasteiger partial charge in [-0.2, -0.15) is 0 Å². The number of benzene rings is 1. The zero-order valence-corrected chi connectivity index (χ0v) is 12.0. The molecule has 20 heavy (non-hydrogen) atoms. The number of ketones is 1. The molecule has 0 radical (unpaired) electrons. The number of carbonyl (C=O) groups is 1. The zero-order valence-electron chi connectivity index (χ0n) is 12.0. The number of hydrogen-bond acceptors (Lipinski definition) is 3. The van der Waals surface area contributed by atoms with Crippen molar-refractivity contribution >= 4 is 5.78 Å². The maximum Gasteiger partial charge on any atom is 0.167 e. The summed E-state index contributed by atoms with van der Waals surface area (Å²) >= 11 is 0. The Labute approximate surface area is 119 Å². The summed E-state index contributed by atoms with van der Waals surface area (Å²) in [7, 11) is 0. The molecule has 1 aliphatic heterocycles. The molecule has 1 aromatic rings. The van der Waals surface area contributed by atoms with Crippen molar-refractivity contribution in [2.75, 3.05) is 26.2 Å². The first kappa shape index (κ1) is 15.1. The monoisotopic (exact) mass is 279 g/mol. The van der Waals surface area contributed by atoms with Gasteiger partial charge in [0, 0.05) is 26.1 Å². The summed E-state index contributed by atoms with van der Waals surface area (Å²) in [5.41, 5.74) is 0.200. The number of halogens is 1. The summed E-state index contributed by atoms with van der Waals surface area (Å²) in [5.74, 6) is -0.551. The second kappa shape index (κ2) is 7.50.